The van der Waals surface area contributed by atoms with Gasteiger partial charge in [-0.1, -0.05) is 0 Å². The summed E-state index contributed by atoms with van der Waals surface area (Å²) in [5.74, 6) is -1.00. The number of aliphatic imine (C=N–C) groups is 1. The molecule has 0 saturated carbocycles. The molecule has 3 amide bonds. The van der Waals surface area contributed by atoms with Crippen molar-refractivity contribution in [2.75, 3.05) is 20.2 Å². The number of methoxy groups -OCH3 is 1. The highest BCUT2D eigenvalue weighted by molar-refractivity contribution is 6.01. The van der Waals surface area contributed by atoms with Crippen LogP contribution in [0, 0.1) is 0 Å². The fraction of sp³-hybridized carbons (Fsp3) is 0.722. The summed E-state index contributed by atoms with van der Waals surface area (Å²) in [6, 6.07) is 0. The highest BCUT2D eigenvalue weighted by Gasteiger charge is 2.21. The van der Waals surface area contributed by atoms with E-state index in [1.807, 2.05) is 0 Å². The van der Waals surface area contributed by atoms with Crippen molar-refractivity contribution in [3.63, 3.8) is 0 Å². The maximum Gasteiger partial charge on any atom is 0.414 e. The largest absolute Gasteiger partial charge is 0.469 e. The van der Waals surface area contributed by atoms with Gasteiger partial charge in [-0.15, -0.1) is 0 Å². The molecular weight excluding hydrogens is 384 g/mol. The number of nitrogens with zero attached hydrogens (tertiary/aromatic N) is 1. The number of carbonyl (C=O) groups is 4. The van der Waals surface area contributed by atoms with E-state index in [9.17, 15) is 19.2 Å². The lowest BCUT2D eigenvalue weighted by atomic mass is 10.2. The lowest BCUT2D eigenvalue weighted by Crippen LogP contribution is -2.47. The van der Waals surface area contributed by atoms with E-state index in [-0.39, 0.29) is 37.8 Å². The normalized spacial score (nSPS) is 11.0. The topological polar surface area (TPSA) is 144 Å². The third kappa shape index (κ3) is 15.9. The summed E-state index contributed by atoms with van der Waals surface area (Å²) < 4.78 is 14.7. The Kier molecular flexibility index (Phi) is 10.7. The summed E-state index contributed by atoms with van der Waals surface area (Å²) in [4.78, 5) is 50.6. The fourth-order valence-electron chi connectivity index (χ4n) is 1.67. The zero-order valence-corrected chi connectivity index (χ0v) is 18.1. The third-order valence-electron chi connectivity index (χ3n) is 2.73. The van der Waals surface area contributed by atoms with Crippen molar-refractivity contribution in [2.24, 2.45) is 4.99 Å². The van der Waals surface area contributed by atoms with Crippen molar-refractivity contribution in [3.05, 3.63) is 0 Å². The quantitative estimate of drug-likeness (QED) is 0.257. The second-order valence-electron chi connectivity index (χ2n) is 7.91. The lowest BCUT2D eigenvalue weighted by molar-refractivity contribution is -0.140. The molecule has 0 unspecified atom stereocenters. The molecule has 0 saturated heterocycles. The number of carbonyl (C=O) groups excluding carboxylic acids is 4. The van der Waals surface area contributed by atoms with Crippen LogP contribution in [-0.4, -0.2) is 61.4 Å². The van der Waals surface area contributed by atoms with E-state index in [0.717, 1.165) is 0 Å². The summed E-state index contributed by atoms with van der Waals surface area (Å²) in [5.41, 5.74) is -1.50. The Morgan fingerprint density at radius 2 is 1.31 bits per heavy atom. The molecule has 11 heteroatoms. The predicted octanol–water partition coefficient (Wildman–Crippen LogP) is 1.46. The van der Waals surface area contributed by atoms with Crippen LogP contribution in [0.25, 0.3) is 0 Å². The number of hydrogen-bond acceptors (Lipinski definition) is 8. The molecule has 0 rings (SSSR count). The molecule has 0 fully saturated rings. The molecule has 0 spiro atoms. The van der Waals surface area contributed by atoms with Crippen LogP contribution in [0.3, 0.4) is 0 Å². The molecule has 0 aromatic carbocycles. The van der Waals surface area contributed by atoms with Gasteiger partial charge >= 0.3 is 18.2 Å². The van der Waals surface area contributed by atoms with Crippen LogP contribution in [0.4, 0.5) is 9.59 Å². The van der Waals surface area contributed by atoms with Gasteiger partial charge < -0.3 is 19.5 Å². The van der Waals surface area contributed by atoms with Crippen LogP contribution < -0.4 is 16.0 Å². The van der Waals surface area contributed by atoms with Gasteiger partial charge in [0.15, 0.2) is 0 Å². The van der Waals surface area contributed by atoms with Crippen molar-refractivity contribution < 1.29 is 33.4 Å². The fourth-order valence-corrected chi connectivity index (χ4v) is 1.67. The maximum atomic E-state index is 11.9. The summed E-state index contributed by atoms with van der Waals surface area (Å²) >= 11 is 0. The highest BCUT2D eigenvalue weighted by Crippen LogP contribution is 2.07. The van der Waals surface area contributed by atoms with Gasteiger partial charge in [-0.25, -0.2) is 9.59 Å². The van der Waals surface area contributed by atoms with E-state index in [1.165, 1.54) is 7.11 Å². The van der Waals surface area contributed by atoms with Crippen molar-refractivity contribution >= 4 is 30.0 Å². The molecular formula is C18H32N4O7. The number of nitrogens with one attached hydrogen (secondary N) is 3. The van der Waals surface area contributed by atoms with Crippen LogP contribution in [0.1, 0.15) is 54.4 Å². The summed E-state index contributed by atoms with van der Waals surface area (Å²) in [7, 11) is 1.26. The number of amides is 3. The van der Waals surface area contributed by atoms with E-state index in [1.54, 1.807) is 41.5 Å². The second kappa shape index (κ2) is 11.9. The van der Waals surface area contributed by atoms with Gasteiger partial charge in [0.25, 0.3) is 0 Å². The number of ether oxygens (including phenoxy) is 3. The molecule has 29 heavy (non-hydrogen) atoms. The smallest absolute Gasteiger partial charge is 0.414 e. The van der Waals surface area contributed by atoms with Crippen LogP contribution in [0.2, 0.25) is 0 Å². The summed E-state index contributed by atoms with van der Waals surface area (Å²) in [6.45, 7) is 10.2. The minimum atomic E-state index is -0.824. The van der Waals surface area contributed by atoms with Gasteiger partial charge in [-0.05, 0) is 41.5 Å². The Labute approximate surface area is 170 Å². The molecule has 0 aromatic rings. The van der Waals surface area contributed by atoms with Gasteiger partial charge in [-0.3, -0.25) is 25.2 Å². The molecule has 0 bridgehead atoms. The first-order valence-corrected chi connectivity index (χ1v) is 9.10. The minimum Gasteiger partial charge on any atom is -0.469 e. The molecule has 0 aromatic heterocycles. The molecule has 0 heterocycles. The average molecular weight is 416 g/mol. The van der Waals surface area contributed by atoms with E-state index in [4.69, 9.17) is 9.47 Å². The molecule has 166 valence electrons. The van der Waals surface area contributed by atoms with Gasteiger partial charge in [0, 0.05) is 13.0 Å². The van der Waals surface area contributed by atoms with E-state index < -0.39 is 29.4 Å². The van der Waals surface area contributed by atoms with Crippen molar-refractivity contribution in [1.82, 2.24) is 16.0 Å². The molecule has 0 aliphatic rings. The Hall–Kier alpha value is -2.85. The lowest BCUT2D eigenvalue weighted by Gasteiger charge is -2.22. The molecule has 3 N–H and O–H groups in total. The highest BCUT2D eigenvalue weighted by atomic mass is 16.6. The predicted molar refractivity (Wildman–Crippen MR) is 105 cm³/mol. The molecule has 0 atom stereocenters. The summed E-state index contributed by atoms with van der Waals surface area (Å²) in [6.07, 6.45) is -1.63. The minimum absolute atomic E-state index is 0.0311. The van der Waals surface area contributed by atoms with Crippen molar-refractivity contribution in [1.29, 1.82) is 0 Å². The molecule has 0 aliphatic carbocycles. The first-order valence-electron chi connectivity index (χ1n) is 9.10. The van der Waals surface area contributed by atoms with Crippen LogP contribution >= 0.6 is 0 Å². The van der Waals surface area contributed by atoms with Gasteiger partial charge in [0.05, 0.1) is 20.1 Å². The first-order chi connectivity index (χ1) is 13.2. The Morgan fingerprint density at radius 3 is 1.72 bits per heavy atom. The zero-order chi connectivity index (χ0) is 22.7. The number of alkyl carbamates (subject to hydrolysis) is 2. The molecule has 0 aliphatic heterocycles. The number of rotatable bonds is 6. The van der Waals surface area contributed by atoms with E-state index in [0.29, 0.717) is 0 Å². The SMILES string of the molecule is COC(=O)CCNC(=O)CCN=C(NC(=O)OC(C)(C)C)NC(=O)OC(C)(C)C. The van der Waals surface area contributed by atoms with Crippen molar-refractivity contribution in [3.8, 4) is 0 Å². The standard InChI is InChI=1S/C18H32N4O7/c1-17(2,3)28-15(25)21-14(22-16(26)29-18(4,5)6)20-10-8-12(23)19-11-9-13(24)27-7/h8-11H2,1-7H3,(H,19,23)(H2,20,21,22,25,26). The Morgan fingerprint density at radius 1 is 0.828 bits per heavy atom. The Bertz CT molecular complexity index is 587. The van der Waals surface area contributed by atoms with E-state index >= 15 is 0 Å². The Balaban J connectivity index is 4.81. The zero-order valence-electron chi connectivity index (χ0n) is 18.1. The average Bonchev–Trinajstić information content (AvgIpc) is 2.50. The maximum absolute atomic E-state index is 11.9. The number of guanidine groups is 1. The van der Waals surface area contributed by atoms with Gasteiger partial charge in [-0.2, -0.15) is 0 Å². The van der Waals surface area contributed by atoms with Crippen molar-refractivity contribution in [2.45, 2.75) is 65.6 Å². The monoisotopic (exact) mass is 416 g/mol. The molecule has 11 nitrogen and oxygen atoms in total. The van der Waals surface area contributed by atoms with Crippen LogP contribution in [-0.2, 0) is 23.8 Å². The number of hydrogen-bond donors (Lipinski definition) is 3. The second-order valence-corrected chi connectivity index (χ2v) is 7.91. The van der Waals surface area contributed by atoms with Crippen LogP contribution in [0.5, 0.6) is 0 Å². The number of esters is 1. The first kappa shape index (κ1) is 26.1. The van der Waals surface area contributed by atoms with Gasteiger partial charge in [0.1, 0.15) is 11.2 Å². The van der Waals surface area contributed by atoms with E-state index in [2.05, 4.69) is 25.7 Å². The third-order valence-corrected chi connectivity index (χ3v) is 2.73. The molecule has 0 radical (unpaired) electrons. The van der Waals surface area contributed by atoms with Crippen LogP contribution in [0.15, 0.2) is 4.99 Å². The summed E-state index contributed by atoms with van der Waals surface area (Å²) in [5, 5.41) is 7.16. The van der Waals surface area contributed by atoms with Gasteiger partial charge in [0.2, 0.25) is 11.9 Å².